The number of carboxylic acids is 1. The van der Waals surface area contributed by atoms with Crippen molar-refractivity contribution >= 4 is 17.0 Å². The van der Waals surface area contributed by atoms with Crippen molar-refractivity contribution in [3.8, 4) is 0 Å². The highest BCUT2D eigenvalue weighted by Crippen LogP contribution is 2.19. The Bertz CT molecular complexity index is 602. The van der Waals surface area contributed by atoms with E-state index in [2.05, 4.69) is 11.9 Å². The standard InChI is InChI=1S/C14H19N3O2/c1-3-6-12-16-10-7-4-5-8-11(10)17(12)9-14(2,15)13(18)19/h4-5,7-8H,3,6,9,15H2,1-2H3,(H,18,19). The number of aryl methyl sites for hydroxylation is 1. The summed E-state index contributed by atoms with van der Waals surface area (Å²) in [6, 6.07) is 7.72. The number of rotatable bonds is 5. The van der Waals surface area contributed by atoms with Gasteiger partial charge in [-0.1, -0.05) is 19.1 Å². The maximum Gasteiger partial charge on any atom is 0.325 e. The van der Waals surface area contributed by atoms with Gasteiger partial charge >= 0.3 is 5.97 Å². The van der Waals surface area contributed by atoms with Crippen LogP contribution in [0.2, 0.25) is 0 Å². The van der Waals surface area contributed by atoms with Gasteiger partial charge in [0.05, 0.1) is 17.6 Å². The highest BCUT2D eigenvalue weighted by Gasteiger charge is 2.30. The molecule has 0 aliphatic carbocycles. The molecule has 0 saturated carbocycles. The molecule has 2 rings (SSSR count). The molecule has 0 amide bonds. The monoisotopic (exact) mass is 261 g/mol. The summed E-state index contributed by atoms with van der Waals surface area (Å²) in [5.41, 5.74) is 6.37. The van der Waals surface area contributed by atoms with E-state index in [1.165, 1.54) is 6.92 Å². The van der Waals surface area contributed by atoms with E-state index in [9.17, 15) is 9.90 Å². The molecule has 1 unspecified atom stereocenters. The summed E-state index contributed by atoms with van der Waals surface area (Å²) in [6.07, 6.45) is 1.77. The molecule has 5 heteroatoms. The zero-order valence-corrected chi connectivity index (χ0v) is 11.3. The number of para-hydroxylation sites is 2. The fourth-order valence-electron chi connectivity index (χ4n) is 2.11. The molecule has 2 aromatic rings. The van der Waals surface area contributed by atoms with Gasteiger partial charge in [-0.15, -0.1) is 0 Å². The first-order chi connectivity index (χ1) is 8.95. The zero-order chi connectivity index (χ0) is 14.0. The number of fused-ring (bicyclic) bond motifs is 1. The topological polar surface area (TPSA) is 81.1 Å². The number of aliphatic carboxylic acids is 1. The number of nitrogens with zero attached hydrogens (tertiary/aromatic N) is 2. The van der Waals surface area contributed by atoms with Gasteiger partial charge in [-0.05, 0) is 25.5 Å². The van der Waals surface area contributed by atoms with E-state index in [1.54, 1.807) is 0 Å². The predicted octanol–water partition coefficient (Wildman–Crippen LogP) is 1.79. The minimum absolute atomic E-state index is 0.220. The number of carbonyl (C=O) groups is 1. The van der Waals surface area contributed by atoms with Crippen LogP contribution >= 0.6 is 0 Å². The Morgan fingerprint density at radius 1 is 1.47 bits per heavy atom. The Morgan fingerprint density at radius 3 is 2.79 bits per heavy atom. The molecular weight excluding hydrogens is 242 g/mol. The molecule has 1 atom stereocenters. The van der Waals surface area contributed by atoms with E-state index in [0.29, 0.717) is 0 Å². The van der Waals surface area contributed by atoms with Crippen molar-refractivity contribution in [3.63, 3.8) is 0 Å². The highest BCUT2D eigenvalue weighted by molar-refractivity contribution is 5.79. The van der Waals surface area contributed by atoms with Crippen LogP contribution in [-0.2, 0) is 17.8 Å². The van der Waals surface area contributed by atoms with Crippen molar-refractivity contribution in [3.05, 3.63) is 30.1 Å². The third-order valence-electron chi connectivity index (χ3n) is 3.18. The van der Waals surface area contributed by atoms with Crippen molar-refractivity contribution in [1.29, 1.82) is 0 Å². The van der Waals surface area contributed by atoms with Gasteiger partial charge in [0.15, 0.2) is 0 Å². The fourth-order valence-corrected chi connectivity index (χ4v) is 2.11. The van der Waals surface area contributed by atoms with E-state index in [4.69, 9.17) is 5.73 Å². The maximum atomic E-state index is 11.2. The molecule has 0 fully saturated rings. The first-order valence-electron chi connectivity index (χ1n) is 6.42. The molecule has 0 aliphatic rings. The van der Waals surface area contributed by atoms with Crippen molar-refractivity contribution < 1.29 is 9.90 Å². The summed E-state index contributed by atoms with van der Waals surface area (Å²) < 4.78 is 1.92. The van der Waals surface area contributed by atoms with Crippen LogP contribution in [0.25, 0.3) is 11.0 Å². The second kappa shape index (κ2) is 5.01. The molecule has 0 radical (unpaired) electrons. The third kappa shape index (κ3) is 2.61. The lowest BCUT2D eigenvalue weighted by Crippen LogP contribution is -2.48. The average Bonchev–Trinajstić information content (AvgIpc) is 2.68. The summed E-state index contributed by atoms with van der Waals surface area (Å²) in [5, 5.41) is 9.17. The lowest BCUT2D eigenvalue weighted by atomic mass is 10.0. The van der Waals surface area contributed by atoms with E-state index in [1.807, 2.05) is 28.8 Å². The van der Waals surface area contributed by atoms with Crippen LogP contribution in [0, 0.1) is 0 Å². The summed E-state index contributed by atoms with van der Waals surface area (Å²) in [7, 11) is 0. The second-order valence-electron chi connectivity index (χ2n) is 5.08. The number of imidazole rings is 1. The van der Waals surface area contributed by atoms with Gasteiger partial charge in [-0.25, -0.2) is 4.98 Å². The first kappa shape index (κ1) is 13.5. The van der Waals surface area contributed by atoms with E-state index < -0.39 is 11.5 Å². The van der Waals surface area contributed by atoms with Gasteiger partial charge in [0.2, 0.25) is 0 Å². The number of hydrogen-bond acceptors (Lipinski definition) is 3. The number of nitrogens with two attached hydrogens (primary N) is 1. The number of aromatic nitrogens is 2. The van der Waals surface area contributed by atoms with Crippen LogP contribution < -0.4 is 5.73 Å². The molecule has 5 nitrogen and oxygen atoms in total. The Kier molecular flexibility index (Phi) is 3.57. The minimum Gasteiger partial charge on any atom is -0.480 e. The Morgan fingerprint density at radius 2 is 2.16 bits per heavy atom. The molecule has 3 N–H and O–H groups in total. The molecule has 1 aromatic carbocycles. The Labute approximate surface area is 112 Å². The Hall–Kier alpha value is -1.88. The molecule has 19 heavy (non-hydrogen) atoms. The molecule has 0 bridgehead atoms. The quantitative estimate of drug-likeness (QED) is 0.859. The van der Waals surface area contributed by atoms with Gasteiger partial charge in [-0.3, -0.25) is 4.79 Å². The molecule has 102 valence electrons. The summed E-state index contributed by atoms with van der Waals surface area (Å²) in [6.45, 7) is 3.82. The van der Waals surface area contributed by atoms with E-state index >= 15 is 0 Å². The SMILES string of the molecule is CCCc1nc2ccccc2n1CC(C)(N)C(=O)O. The maximum absolute atomic E-state index is 11.2. The normalized spacial score (nSPS) is 14.5. The third-order valence-corrected chi connectivity index (χ3v) is 3.18. The van der Waals surface area contributed by atoms with Gasteiger partial charge in [0.25, 0.3) is 0 Å². The summed E-state index contributed by atoms with van der Waals surface area (Å²) in [5.74, 6) is -0.116. The van der Waals surface area contributed by atoms with E-state index in [-0.39, 0.29) is 6.54 Å². The smallest absolute Gasteiger partial charge is 0.325 e. The number of benzene rings is 1. The van der Waals surface area contributed by atoms with Crippen LogP contribution in [0.15, 0.2) is 24.3 Å². The van der Waals surface area contributed by atoms with Crippen LogP contribution in [-0.4, -0.2) is 26.2 Å². The molecular formula is C14H19N3O2. The number of carboxylic acid groups (broad SMARTS) is 1. The van der Waals surface area contributed by atoms with Crippen molar-refractivity contribution in [2.45, 2.75) is 38.8 Å². The van der Waals surface area contributed by atoms with Crippen molar-refractivity contribution in [2.75, 3.05) is 0 Å². The molecule has 0 spiro atoms. The van der Waals surface area contributed by atoms with Gasteiger partial charge in [-0.2, -0.15) is 0 Å². The molecule has 1 aromatic heterocycles. The molecule has 0 saturated heterocycles. The second-order valence-corrected chi connectivity index (χ2v) is 5.08. The van der Waals surface area contributed by atoms with E-state index in [0.717, 1.165) is 29.7 Å². The molecule has 0 aliphatic heterocycles. The lowest BCUT2D eigenvalue weighted by molar-refractivity contribution is -0.143. The molecule has 1 heterocycles. The average molecular weight is 261 g/mol. The van der Waals surface area contributed by atoms with Gasteiger partial charge in [0, 0.05) is 6.42 Å². The fraction of sp³-hybridized carbons (Fsp3) is 0.429. The summed E-state index contributed by atoms with van der Waals surface area (Å²) in [4.78, 5) is 15.8. The van der Waals surface area contributed by atoms with Crippen LogP contribution in [0.3, 0.4) is 0 Å². The summed E-state index contributed by atoms with van der Waals surface area (Å²) >= 11 is 0. The highest BCUT2D eigenvalue weighted by atomic mass is 16.4. The van der Waals surface area contributed by atoms with Crippen LogP contribution in [0.4, 0.5) is 0 Å². The predicted molar refractivity (Wildman–Crippen MR) is 74.0 cm³/mol. The lowest BCUT2D eigenvalue weighted by Gasteiger charge is -2.21. The number of hydrogen-bond donors (Lipinski definition) is 2. The van der Waals surface area contributed by atoms with Gasteiger partial charge < -0.3 is 15.4 Å². The largest absolute Gasteiger partial charge is 0.480 e. The zero-order valence-electron chi connectivity index (χ0n) is 11.3. The van der Waals surface area contributed by atoms with Gasteiger partial charge in [0.1, 0.15) is 11.4 Å². The van der Waals surface area contributed by atoms with Crippen LogP contribution in [0.1, 0.15) is 26.1 Å². The minimum atomic E-state index is -1.30. The van der Waals surface area contributed by atoms with Crippen LogP contribution in [0.5, 0.6) is 0 Å². The van der Waals surface area contributed by atoms with Crippen molar-refractivity contribution in [1.82, 2.24) is 9.55 Å². The Balaban J connectivity index is 2.50. The first-order valence-corrected chi connectivity index (χ1v) is 6.42. The van der Waals surface area contributed by atoms with Crippen molar-refractivity contribution in [2.24, 2.45) is 5.73 Å².